The molecule has 0 aromatic heterocycles. The molecule has 0 amide bonds. The summed E-state index contributed by atoms with van der Waals surface area (Å²) < 4.78 is 0. The van der Waals surface area contributed by atoms with Gasteiger partial charge in [0.1, 0.15) is 0 Å². The molecular formula is C20H16. The third kappa shape index (κ3) is 2.35. The number of terminal acetylenes is 2. The van der Waals surface area contributed by atoms with E-state index in [2.05, 4.69) is 47.9 Å². The van der Waals surface area contributed by atoms with Crippen molar-refractivity contribution < 1.29 is 0 Å². The van der Waals surface area contributed by atoms with Crippen molar-refractivity contribution >= 4 is 0 Å². The Balaban J connectivity index is 2.05. The van der Waals surface area contributed by atoms with Gasteiger partial charge in [0.05, 0.1) is 5.57 Å². The van der Waals surface area contributed by atoms with Crippen LogP contribution in [0.2, 0.25) is 0 Å². The molecule has 1 atom stereocenters. The van der Waals surface area contributed by atoms with Crippen LogP contribution in [0.4, 0.5) is 0 Å². The first-order valence-electron chi connectivity index (χ1n) is 7.03. The Morgan fingerprint density at radius 1 is 1.10 bits per heavy atom. The molecule has 0 N–H and O–H groups in total. The van der Waals surface area contributed by atoms with Crippen molar-refractivity contribution in [3.8, 4) is 24.7 Å². The van der Waals surface area contributed by atoms with E-state index in [9.17, 15) is 0 Å². The molecule has 0 heteroatoms. The first-order valence-corrected chi connectivity index (χ1v) is 7.03. The van der Waals surface area contributed by atoms with Gasteiger partial charge in [0.2, 0.25) is 0 Å². The van der Waals surface area contributed by atoms with Crippen LogP contribution in [0.3, 0.4) is 0 Å². The van der Waals surface area contributed by atoms with Gasteiger partial charge in [0, 0.05) is 11.5 Å². The third-order valence-electron chi connectivity index (χ3n) is 4.09. The van der Waals surface area contributed by atoms with Crippen LogP contribution in [0.15, 0.2) is 47.2 Å². The predicted molar refractivity (Wildman–Crippen MR) is 83.0 cm³/mol. The van der Waals surface area contributed by atoms with Crippen LogP contribution in [0.1, 0.15) is 29.5 Å². The smallest absolute Gasteiger partial charge is 0.0507 e. The quantitative estimate of drug-likeness (QED) is 0.489. The molecule has 0 aliphatic heterocycles. The van der Waals surface area contributed by atoms with E-state index in [1.54, 1.807) is 0 Å². The molecule has 0 radical (unpaired) electrons. The van der Waals surface area contributed by atoms with Crippen molar-refractivity contribution in [1.29, 1.82) is 0 Å². The molecular weight excluding hydrogens is 240 g/mol. The Hall–Kier alpha value is -2.40. The van der Waals surface area contributed by atoms with Gasteiger partial charge in [-0.25, -0.2) is 0 Å². The monoisotopic (exact) mass is 256 g/mol. The number of rotatable bonds is 0. The van der Waals surface area contributed by atoms with Crippen molar-refractivity contribution in [2.75, 3.05) is 0 Å². The molecule has 0 nitrogen and oxygen atoms in total. The van der Waals surface area contributed by atoms with E-state index in [0.29, 0.717) is 5.92 Å². The second-order valence-electron chi connectivity index (χ2n) is 5.35. The van der Waals surface area contributed by atoms with Gasteiger partial charge < -0.3 is 0 Å². The summed E-state index contributed by atoms with van der Waals surface area (Å²) in [5.41, 5.74) is 9.15. The van der Waals surface area contributed by atoms with Crippen LogP contribution in [0.25, 0.3) is 0 Å². The Bertz CT molecular complexity index is 722. The van der Waals surface area contributed by atoms with Gasteiger partial charge in [0.25, 0.3) is 0 Å². The number of hydrogen-bond donors (Lipinski definition) is 0. The molecule has 0 spiro atoms. The molecule has 6 rings (SSSR count). The van der Waals surface area contributed by atoms with Crippen LogP contribution in [0, 0.1) is 30.6 Å². The Kier molecular flexibility index (Phi) is 3.35. The lowest BCUT2D eigenvalue weighted by molar-refractivity contribution is 0.683. The summed E-state index contributed by atoms with van der Waals surface area (Å²) in [5, 5.41) is 0. The van der Waals surface area contributed by atoms with E-state index < -0.39 is 0 Å². The van der Waals surface area contributed by atoms with E-state index >= 15 is 0 Å². The zero-order valence-corrected chi connectivity index (χ0v) is 11.4. The summed E-state index contributed by atoms with van der Waals surface area (Å²) in [4.78, 5) is 0. The number of aryl methyl sites for hydroxylation is 2. The van der Waals surface area contributed by atoms with Gasteiger partial charge in [-0.3, -0.25) is 0 Å². The van der Waals surface area contributed by atoms with E-state index in [0.717, 1.165) is 36.8 Å². The summed E-state index contributed by atoms with van der Waals surface area (Å²) in [7, 11) is 0. The summed E-state index contributed by atoms with van der Waals surface area (Å²) in [6, 6.07) is 6.53. The van der Waals surface area contributed by atoms with Crippen molar-refractivity contribution in [3.05, 3.63) is 63.9 Å². The maximum atomic E-state index is 5.64. The average Bonchev–Trinajstić information content (AvgIpc) is 2.49. The Morgan fingerprint density at radius 3 is 2.80 bits per heavy atom. The van der Waals surface area contributed by atoms with Gasteiger partial charge in [-0.1, -0.05) is 36.1 Å². The van der Waals surface area contributed by atoms with Gasteiger partial charge in [-0.05, 0) is 48.4 Å². The minimum absolute atomic E-state index is 0.317. The molecule has 0 saturated heterocycles. The molecule has 5 aliphatic carbocycles. The maximum absolute atomic E-state index is 5.64. The maximum Gasteiger partial charge on any atom is 0.0507 e. The second kappa shape index (κ2) is 5.30. The summed E-state index contributed by atoms with van der Waals surface area (Å²) in [6.45, 7) is 0. The summed E-state index contributed by atoms with van der Waals surface area (Å²) >= 11 is 0. The van der Waals surface area contributed by atoms with E-state index in [-0.39, 0.29) is 0 Å². The number of allylic oxidation sites excluding steroid dienone is 3. The van der Waals surface area contributed by atoms with Crippen molar-refractivity contribution in [1.82, 2.24) is 0 Å². The highest BCUT2D eigenvalue weighted by Crippen LogP contribution is 2.27. The highest BCUT2D eigenvalue weighted by atomic mass is 14.2. The van der Waals surface area contributed by atoms with Crippen LogP contribution in [-0.2, 0) is 12.8 Å². The molecule has 20 heavy (non-hydrogen) atoms. The zero-order chi connectivity index (χ0) is 13.9. The largest absolute Gasteiger partial charge is 0.115 e. The van der Waals surface area contributed by atoms with Crippen molar-refractivity contribution in [2.24, 2.45) is 5.92 Å². The molecule has 0 heterocycles. The van der Waals surface area contributed by atoms with Crippen molar-refractivity contribution in [3.63, 3.8) is 0 Å². The second-order valence-corrected chi connectivity index (χ2v) is 5.35. The third-order valence-corrected chi connectivity index (χ3v) is 4.09. The number of hydrogen-bond acceptors (Lipinski definition) is 0. The lowest BCUT2D eigenvalue weighted by Gasteiger charge is -2.17. The first-order chi connectivity index (χ1) is 9.80. The molecule has 0 fully saturated rings. The molecule has 96 valence electrons. The average molecular weight is 256 g/mol. The fourth-order valence-electron chi connectivity index (χ4n) is 2.89. The van der Waals surface area contributed by atoms with Crippen LogP contribution < -0.4 is 0 Å². The number of benzene rings is 1. The van der Waals surface area contributed by atoms with Crippen LogP contribution in [-0.4, -0.2) is 0 Å². The van der Waals surface area contributed by atoms with Gasteiger partial charge >= 0.3 is 0 Å². The van der Waals surface area contributed by atoms with E-state index in [4.69, 9.17) is 12.8 Å². The minimum Gasteiger partial charge on any atom is -0.115 e. The Morgan fingerprint density at radius 2 is 2.00 bits per heavy atom. The summed E-state index contributed by atoms with van der Waals surface area (Å²) in [5.74, 6) is 5.94. The Labute approximate surface area is 120 Å². The molecule has 1 unspecified atom stereocenters. The fourth-order valence-corrected chi connectivity index (χ4v) is 2.89. The normalized spacial score (nSPS) is 20.2. The summed E-state index contributed by atoms with van der Waals surface area (Å²) in [6.07, 6.45) is 19.6. The van der Waals surface area contributed by atoms with Crippen LogP contribution >= 0.6 is 0 Å². The predicted octanol–water partition coefficient (Wildman–Crippen LogP) is 3.82. The van der Waals surface area contributed by atoms with Crippen LogP contribution in [0.5, 0.6) is 0 Å². The zero-order valence-electron chi connectivity index (χ0n) is 11.4. The lowest BCUT2D eigenvalue weighted by atomic mass is 9.86. The van der Waals surface area contributed by atoms with Crippen molar-refractivity contribution in [2.45, 2.75) is 25.7 Å². The standard InChI is InChI=1S/C20H16/c1-3-17-13-15-5-9-19(17)11-7-16-6-10-20(12-8-15)18(4-2)14-16/h1-2,5-6,9-10,13,20H,7-8,11-12H2. The molecule has 1 aromatic carbocycles. The highest BCUT2D eigenvalue weighted by Gasteiger charge is 2.15. The topological polar surface area (TPSA) is 0 Å². The fraction of sp³-hybridized carbons (Fsp3) is 0.250. The van der Waals surface area contributed by atoms with E-state index in [1.165, 1.54) is 16.7 Å². The highest BCUT2D eigenvalue weighted by molar-refractivity contribution is 5.45. The van der Waals surface area contributed by atoms with Gasteiger partial charge in [-0.2, -0.15) is 0 Å². The first kappa shape index (κ1) is 12.6. The van der Waals surface area contributed by atoms with E-state index in [1.807, 2.05) is 0 Å². The minimum atomic E-state index is 0.317. The SMILES string of the molecule is C#CC1=C=C2C=CC1CCc1ccc(c(C#C)c1)CC2. The van der Waals surface area contributed by atoms with Gasteiger partial charge in [0.15, 0.2) is 0 Å². The molecule has 4 bridgehead atoms. The lowest BCUT2D eigenvalue weighted by Crippen LogP contribution is -2.06. The molecule has 0 saturated carbocycles. The molecule has 1 aromatic rings. The molecule has 5 aliphatic rings. The van der Waals surface area contributed by atoms with Gasteiger partial charge in [-0.15, -0.1) is 18.6 Å².